The van der Waals surface area contributed by atoms with Gasteiger partial charge in [-0.05, 0) is 124 Å². The zero-order chi connectivity index (χ0) is 37.6. The number of hydrogen-bond donors (Lipinski definition) is 1. The van der Waals surface area contributed by atoms with Gasteiger partial charge in [0.2, 0.25) is 0 Å². The molecule has 12 atom stereocenters. The molecule has 7 rings (SSSR count). The lowest BCUT2D eigenvalue weighted by atomic mass is 9.41. The number of nitrogens with zero attached hydrogens (tertiary/aromatic N) is 3. The summed E-state index contributed by atoms with van der Waals surface area (Å²) in [5.74, 6) is 1.90. The second-order valence-electron chi connectivity index (χ2n) is 20.5. The van der Waals surface area contributed by atoms with E-state index in [1.54, 1.807) is 12.0 Å². The molecule has 7 aliphatic rings. The number of fused-ring (bicyclic) bond motifs is 2. The molecule has 5 aliphatic carbocycles. The van der Waals surface area contributed by atoms with E-state index in [1.807, 2.05) is 4.90 Å². The van der Waals surface area contributed by atoms with Gasteiger partial charge in [-0.2, -0.15) is 0 Å². The molecular formula is C43H73N3O6. The minimum absolute atomic E-state index is 0.0279. The molecule has 0 bridgehead atoms. The molecule has 2 spiro atoms. The van der Waals surface area contributed by atoms with Crippen LogP contribution in [0.5, 0.6) is 0 Å². The number of methoxy groups -OCH3 is 1. The third kappa shape index (κ3) is 5.68. The van der Waals surface area contributed by atoms with Crippen LogP contribution < -0.4 is 0 Å². The van der Waals surface area contributed by atoms with Gasteiger partial charge >= 0.3 is 12.2 Å². The summed E-state index contributed by atoms with van der Waals surface area (Å²) in [6, 6.07) is 0.505. The fourth-order valence-corrected chi connectivity index (χ4v) is 14.3. The van der Waals surface area contributed by atoms with Gasteiger partial charge in [-0.15, -0.1) is 0 Å². The van der Waals surface area contributed by atoms with Crippen molar-refractivity contribution in [2.75, 3.05) is 46.4 Å². The number of likely N-dealkylation sites (tertiary alicyclic amines) is 1. The summed E-state index contributed by atoms with van der Waals surface area (Å²) in [7, 11) is 1.76. The number of hydrogen-bond acceptors (Lipinski definition) is 7. The van der Waals surface area contributed by atoms with Gasteiger partial charge in [0.1, 0.15) is 12.2 Å². The van der Waals surface area contributed by atoms with Crippen LogP contribution in [0.15, 0.2) is 0 Å². The maximum Gasteiger partial charge on any atom is 0.410 e. The molecule has 2 aliphatic heterocycles. The van der Waals surface area contributed by atoms with E-state index in [-0.39, 0.29) is 64.2 Å². The number of rotatable bonds is 9. The highest BCUT2D eigenvalue weighted by Crippen LogP contribution is 2.89. The van der Waals surface area contributed by atoms with Crippen molar-refractivity contribution in [2.45, 2.75) is 157 Å². The second-order valence-corrected chi connectivity index (χ2v) is 20.5. The van der Waals surface area contributed by atoms with Gasteiger partial charge in [0.25, 0.3) is 0 Å². The fourth-order valence-electron chi connectivity index (χ4n) is 14.3. The number of aliphatic hydroxyl groups is 1. The van der Waals surface area contributed by atoms with Crippen molar-refractivity contribution in [1.82, 2.24) is 14.7 Å². The Morgan fingerprint density at radius 3 is 2.04 bits per heavy atom. The van der Waals surface area contributed by atoms with Gasteiger partial charge in [-0.3, -0.25) is 4.90 Å². The van der Waals surface area contributed by atoms with Crippen LogP contribution in [0.3, 0.4) is 0 Å². The van der Waals surface area contributed by atoms with Gasteiger partial charge in [0, 0.05) is 63.3 Å². The maximum absolute atomic E-state index is 13.5. The molecule has 9 nitrogen and oxygen atoms in total. The Morgan fingerprint density at radius 2 is 1.44 bits per heavy atom. The lowest BCUT2D eigenvalue weighted by molar-refractivity contribution is -0.183. The summed E-state index contributed by atoms with van der Waals surface area (Å²) in [5.41, 5.74) is 0.390. The van der Waals surface area contributed by atoms with E-state index in [9.17, 15) is 14.7 Å². The van der Waals surface area contributed by atoms with Gasteiger partial charge in [-0.25, -0.2) is 9.59 Å². The van der Waals surface area contributed by atoms with E-state index in [0.717, 1.165) is 90.6 Å². The fraction of sp³-hybridized carbons (Fsp3) is 0.953. The first kappa shape index (κ1) is 38.7. The Bertz CT molecular complexity index is 1340. The van der Waals surface area contributed by atoms with E-state index in [2.05, 4.69) is 67.2 Å². The van der Waals surface area contributed by atoms with Crippen molar-refractivity contribution in [1.29, 1.82) is 0 Å². The maximum atomic E-state index is 13.5. The number of ether oxygens (including phenoxy) is 3. The summed E-state index contributed by atoms with van der Waals surface area (Å²) >= 11 is 0. The summed E-state index contributed by atoms with van der Waals surface area (Å²) in [6.45, 7) is 25.7. The minimum Gasteiger partial charge on any atom is -0.446 e. The molecule has 7 fully saturated rings. The molecule has 2 amide bonds. The molecule has 3 unspecified atom stereocenters. The van der Waals surface area contributed by atoms with E-state index >= 15 is 0 Å². The Morgan fingerprint density at radius 1 is 0.808 bits per heavy atom. The quantitative estimate of drug-likeness (QED) is 0.259. The summed E-state index contributed by atoms with van der Waals surface area (Å²) < 4.78 is 18.7. The molecular weight excluding hydrogens is 654 g/mol. The summed E-state index contributed by atoms with van der Waals surface area (Å²) in [5, 5.41) is 12.3. The predicted octanol–water partition coefficient (Wildman–Crippen LogP) is 7.84. The molecule has 9 heteroatoms. The van der Waals surface area contributed by atoms with E-state index in [4.69, 9.17) is 14.2 Å². The van der Waals surface area contributed by atoms with Crippen molar-refractivity contribution in [3.63, 3.8) is 0 Å². The van der Waals surface area contributed by atoms with Crippen LogP contribution in [0, 0.1) is 56.7 Å². The molecule has 2 heterocycles. The number of amides is 2. The van der Waals surface area contributed by atoms with Crippen LogP contribution in [-0.4, -0.2) is 109 Å². The van der Waals surface area contributed by atoms with Crippen LogP contribution in [0.25, 0.3) is 0 Å². The van der Waals surface area contributed by atoms with E-state index in [1.165, 1.54) is 12.8 Å². The van der Waals surface area contributed by atoms with Crippen LogP contribution in [0.1, 0.15) is 127 Å². The Kier molecular flexibility index (Phi) is 10.1. The van der Waals surface area contributed by atoms with Gasteiger partial charge < -0.3 is 29.1 Å². The molecule has 2 saturated heterocycles. The van der Waals surface area contributed by atoms with E-state index < -0.39 is 0 Å². The zero-order valence-corrected chi connectivity index (χ0v) is 34.4. The van der Waals surface area contributed by atoms with Crippen molar-refractivity contribution in [2.24, 2.45) is 56.7 Å². The molecule has 296 valence electrons. The lowest BCUT2D eigenvalue weighted by Gasteiger charge is -2.64. The second kappa shape index (κ2) is 13.6. The van der Waals surface area contributed by atoms with Crippen molar-refractivity contribution >= 4 is 12.2 Å². The monoisotopic (exact) mass is 728 g/mol. The zero-order valence-electron chi connectivity index (χ0n) is 34.4. The highest BCUT2D eigenvalue weighted by atomic mass is 16.6. The molecule has 0 radical (unpaired) electrons. The Labute approximate surface area is 315 Å². The van der Waals surface area contributed by atoms with Gasteiger partial charge in [-0.1, -0.05) is 48.5 Å². The minimum atomic E-state index is -0.325. The van der Waals surface area contributed by atoms with Crippen molar-refractivity contribution in [3.05, 3.63) is 0 Å². The summed E-state index contributed by atoms with van der Waals surface area (Å²) in [6.07, 6.45) is 9.59. The molecule has 0 aromatic carbocycles. The third-order valence-electron chi connectivity index (χ3n) is 17.7. The molecule has 5 saturated carbocycles. The topological polar surface area (TPSA) is 91.8 Å². The smallest absolute Gasteiger partial charge is 0.410 e. The third-order valence-corrected chi connectivity index (χ3v) is 17.7. The number of carbonyl (C=O) groups is 2. The molecule has 0 aromatic heterocycles. The van der Waals surface area contributed by atoms with Crippen LogP contribution >= 0.6 is 0 Å². The average Bonchev–Trinajstić information content (AvgIpc) is 3.69. The van der Waals surface area contributed by atoms with Crippen LogP contribution in [0.2, 0.25) is 0 Å². The number of carbonyl (C=O) groups excluding carboxylic acids is 2. The van der Waals surface area contributed by atoms with Crippen molar-refractivity contribution in [3.8, 4) is 0 Å². The Balaban J connectivity index is 1.04. The number of piperazine rings is 1. The van der Waals surface area contributed by atoms with E-state index in [0.29, 0.717) is 35.1 Å². The normalized spacial score (nSPS) is 42.7. The first-order valence-electron chi connectivity index (χ1n) is 21.3. The van der Waals surface area contributed by atoms with Gasteiger partial charge in [0.15, 0.2) is 0 Å². The van der Waals surface area contributed by atoms with Crippen LogP contribution in [0.4, 0.5) is 9.59 Å². The average molecular weight is 728 g/mol. The first-order chi connectivity index (χ1) is 24.5. The highest BCUT2D eigenvalue weighted by molar-refractivity contribution is 5.69. The molecule has 1 N–H and O–H groups in total. The predicted molar refractivity (Wildman–Crippen MR) is 203 cm³/mol. The molecule has 52 heavy (non-hydrogen) atoms. The first-order valence-corrected chi connectivity index (χ1v) is 21.3. The van der Waals surface area contributed by atoms with Crippen molar-refractivity contribution < 1.29 is 28.9 Å². The summed E-state index contributed by atoms with van der Waals surface area (Å²) in [4.78, 5) is 32.6. The highest BCUT2D eigenvalue weighted by Gasteiger charge is 2.83. The van der Waals surface area contributed by atoms with Crippen LogP contribution in [-0.2, 0) is 14.2 Å². The molecule has 0 aromatic rings. The van der Waals surface area contributed by atoms with Gasteiger partial charge in [0.05, 0.1) is 12.2 Å². The lowest BCUT2D eigenvalue weighted by Crippen LogP contribution is -2.60. The Hall–Kier alpha value is -1.58. The standard InChI is InChI=1S/C43H73N3O6/c1-27(2)36(52-38(49)45-18-11-19-45)31(50-10)24-29(5)30-25-34(47)41(9)33-13-12-32-39(6,7)35(51-37(48)46-22-20-44(21-23-46)28(3)4)14-15-42(32)26-43(33,42)17-16-40(30,41)8/h27-36,47H,11-26H2,1-10H3/t29-,30-,31?,32+,33?,34+,35+,36-,40-,41-,42-,43?/m1/s1. The SMILES string of the molecule is COC(C[C@@H](C)[C@H]1C[C@H](O)[C@@]2(C)C3CC[C@H]4C(C)(C)[C@@H](OC(=O)N5CCN(C(C)C)CC5)CC[C@@]45CC35CC[C@]12C)[C@H](OC(=O)N1CCC1)C(C)C. The number of aliphatic hydroxyl groups excluding tert-OH is 1. The largest absolute Gasteiger partial charge is 0.446 e.